The Bertz CT molecular complexity index is 643. The molecule has 0 aliphatic heterocycles. The summed E-state index contributed by atoms with van der Waals surface area (Å²) < 4.78 is 41.3. The van der Waals surface area contributed by atoms with Crippen LogP contribution in [0.15, 0.2) is 14.9 Å². The lowest BCUT2D eigenvalue weighted by Gasteiger charge is -2.05. The highest BCUT2D eigenvalue weighted by Crippen LogP contribution is 2.26. The number of carbonyl (C=O) groups excluding carboxylic acids is 1. The smallest absolute Gasteiger partial charge is 0.360 e. The Morgan fingerprint density at radius 3 is 2.86 bits per heavy atom. The third-order valence-corrected chi connectivity index (χ3v) is 4.08. The number of anilines is 2. The molecule has 0 spiro atoms. The van der Waals surface area contributed by atoms with Gasteiger partial charge in [0.05, 0.1) is 5.75 Å². The fourth-order valence-electron chi connectivity index (χ4n) is 1.25. The lowest BCUT2D eigenvalue weighted by Crippen LogP contribution is -2.21. The molecule has 2 aromatic heterocycles. The molecule has 2 heterocycles. The highest BCUT2D eigenvalue weighted by atomic mass is 32.2. The Kier molecular flexibility index (Phi) is 5.24. The Balaban J connectivity index is 1.77. The van der Waals surface area contributed by atoms with Crippen molar-refractivity contribution in [2.24, 2.45) is 0 Å². The number of nitrogens with one attached hydrogen (secondary N) is 2. The molecule has 0 aliphatic rings. The van der Waals surface area contributed by atoms with Gasteiger partial charge in [0.15, 0.2) is 10.2 Å². The van der Waals surface area contributed by atoms with E-state index >= 15 is 0 Å². The molecule has 0 atom stereocenters. The molecule has 7 nitrogen and oxygen atoms in total. The van der Waals surface area contributed by atoms with Crippen LogP contribution < -0.4 is 10.6 Å². The minimum Gasteiger partial charge on any atom is -0.360 e. The van der Waals surface area contributed by atoms with Gasteiger partial charge in [-0.1, -0.05) is 28.3 Å². The topological polar surface area (TPSA) is 92.9 Å². The van der Waals surface area contributed by atoms with Crippen LogP contribution in [-0.4, -0.2) is 39.7 Å². The number of rotatable bonds is 6. The second-order valence-electron chi connectivity index (χ2n) is 4.00. The van der Waals surface area contributed by atoms with Crippen LogP contribution in [0.2, 0.25) is 0 Å². The first kappa shape index (κ1) is 16.5. The lowest BCUT2D eigenvalue weighted by molar-refractivity contribution is -0.115. The number of aryl methyl sites for hydroxylation is 1. The summed E-state index contributed by atoms with van der Waals surface area (Å²) in [5.41, 5.74) is 0. The zero-order chi connectivity index (χ0) is 16.2. The van der Waals surface area contributed by atoms with E-state index in [-0.39, 0.29) is 16.8 Å². The monoisotopic (exact) mass is 353 g/mol. The summed E-state index contributed by atoms with van der Waals surface area (Å²) in [6.07, 6.45) is -4.32. The Morgan fingerprint density at radius 2 is 2.23 bits per heavy atom. The molecule has 0 saturated carbocycles. The summed E-state index contributed by atoms with van der Waals surface area (Å²) in [6.45, 7) is 0.506. The van der Waals surface area contributed by atoms with Crippen LogP contribution in [-0.2, 0) is 4.79 Å². The van der Waals surface area contributed by atoms with Crippen LogP contribution in [0.3, 0.4) is 0 Å². The summed E-state index contributed by atoms with van der Waals surface area (Å²) in [7, 11) is 0. The van der Waals surface area contributed by atoms with Crippen molar-refractivity contribution in [2.45, 2.75) is 17.4 Å². The predicted octanol–water partition coefficient (Wildman–Crippen LogP) is 2.54. The zero-order valence-corrected chi connectivity index (χ0v) is 12.7. The Morgan fingerprint density at radius 1 is 1.45 bits per heavy atom. The second-order valence-corrected chi connectivity index (χ2v) is 6.20. The SMILES string of the molecule is Cc1cc(NC(=O)CSc2nnc(NCC(F)(F)F)s2)no1. The predicted molar refractivity (Wildman–Crippen MR) is 75.0 cm³/mol. The van der Waals surface area contributed by atoms with E-state index in [1.165, 1.54) is 0 Å². The molecule has 0 unspecified atom stereocenters. The first-order valence-electron chi connectivity index (χ1n) is 5.82. The summed E-state index contributed by atoms with van der Waals surface area (Å²) in [4.78, 5) is 11.6. The van der Waals surface area contributed by atoms with Gasteiger partial charge >= 0.3 is 6.18 Å². The fourth-order valence-corrected chi connectivity index (χ4v) is 2.79. The zero-order valence-electron chi connectivity index (χ0n) is 11.1. The summed E-state index contributed by atoms with van der Waals surface area (Å²) in [5.74, 6) is 0.554. The van der Waals surface area contributed by atoms with Crippen LogP contribution in [0, 0.1) is 6.92 Å². The van der Waals surface area contributed by atoms with Gasteiger partial charge in [0.1, 0.15) is 12.3 Å². The highest BCUT2D eigenvalue weighted by molar-refractivity contribution is 8.01. The number of hydrogen-bond donors (Lipinski definition) is 2. The van der Waals surface area contributed by atoms with Crippen molar-refractivity contribution >= 4 is 40.0 Å². The molecular formula is C10H10F3N5O2S2. The quantitative estimate of drug-likeness (QED) is 0.771. The van der Waals surface area contributed by atoms with E-state index in [1.54, 1.807) is 13.0 Å². The fraction of sp³-hybridized carbons (Fsp3) is 0.400. The van der Waals surface area contributed by atoms with Crippen LogP contribution >= 0.6 is 23.1 Å². The van der Waals surface area contributed by atoms with E-state index < -0.39 is 12.7 Å². The van der Waals surface area contributed by atoms with Crippen LogP contribution in [0.4, 0.5) is 24.1 Å². The van der Waals surface area contributed by atoms with E-state index in [4.69, 9.17) is 4.52 Å². The third-order valence-electron chi connectivity index (χ3n) is 2.07. The molecule has 2 aromatic rings. The lowest BCUT2D eigenvalue weighted by atomic mass is 10.5. The summed E-state index contributed by atoms with van der Waals surface area (Å²) in [6, 6.07) is 1.56. The first-order valence-corrected chi connectivity index (χ1v) is 7.62. The third kappa shape index (κ3) is 5.52. The van der Waals surface area contributed by atoms with Gasteiger partial charge in [-0.2, -0.15) is 13.2 Å². The molecule has 120 valence electrons. The van der Waals surface area contributed by atoms with Crippen molar-refractivity contribution in [3.8, 4) is 0 Å². The van der Waals surface area contributed by atoms with Gasteiger partial charge in [0.2, 0.25) is 11.0 Å². The molecule has 22 heavy (non-hydrogen) atoms. The summed E-state index contributed by atoms with van der Waals surface area (Å²) in [5, 5.41) is 15.5. The number of amides is 1. The Hall–Kier alpha value is -1.82. The molecular weight excluding hydrogens is 343 g/mol. The molecule has 0 bridgehead atoms. The number of alkyl halides is 3. The number of aromatic nitrogens is 3. The number of hydrogen-bond acceptors (Lipinski definition) is 8. The largest absolute Gasteiger partial charge is 0.405 e. The van der Waals surface area contributed by atoms with Gasteiger partial charge in [-0.3, -0.25) is 4.79 Å². The molecule has 1 amide bonds. The maximum atomic E-state index is 12.0. The molecule has 0 saturated heterocycles. The molecule has 0 aromatic carbocycles. The summed E-state index contributed by atoms with van der Waals surface area (Å²) >= 11 is 2.00. The number of thioether (sulfide) groups is 1. The maximum absolute atomic E-state index is 12.0. The molecule has 12 heteroatoms. The molecule has 0 aliphatic carbocycles. The molecule has 2 rings (SSSR count). The van der Waals surface area contributed by atoms with E-state index in [2.05, 4.69) is 26.0 Å². The van der Waals surface area contributed by atoms with Crippen LogP contribution in [0.1, 0.15) is 5.76 Å². The maximum Gasteiger partial charge on any atom is 0.405 e. The van der Waals surface area contributed by atoms with Crippen molar-refractivity contribution in [3.05, 3.63) is 11.8 Å². The van der Waals surface area contributed by atoms with E-state index in [0.717, 1.165) is 23.1 Å². The highest BCUT2D eigenvalue weighted by Gasteiger charge is 2.27. The van der Waals surface area contributed by atoms with Gasteiger partial charge in [-0.25, -0.2) is 0 Å². The van der Waals surface area contributed by atoms with E-state index in [0.29, 0.717) is 15.9 Å². The van der Waals surface area contributed by atoms with Crippen LogP contribution in [0.5, 0.6) is 0 Å². The first-order chi connectivity index (χ1) is 10.3. The molecule has 2 N–H and O–H groups in total. The van der Waals surface area contributed by atoms with Gasteiger partial charge < -0.3 is 15.2 Å². The minimum absolute atomic E-state index is 0.0276. The standard InChI is InChI=1S/C10H10F3N5O2S2/c1-5-2-6(18-20-5)15-7(19)3-21-9-17-16-8(22-9)14-4-10(11,12)13/h2H,3-4H2,1H3,(H,14,16)(H,15,18,19). The van der Waals surface area contributed by atoms with E-state index in [9.17, 15) is 18.0 Å². The average Bonchev–Trinajstić information content (AvgIpc) is 3.02. The Labute approximate surface area is 130 Å². The normalized spacial score (nSPS) is 11.5. The van der Waals surface area contributed by atoms with Crippen molar-refractivity contribution in [1.82, 2.24) is 15.4 Å². The van der Waals surface area contributed by atoms with Gasteiger partial charge in [0.25, 0.3) is 0 Å². The number of carbonyl (C=O) groups is 1. The number of nitrogens with zero attached hydrogens (tertiary/aromatic N) is 3. The van der Waals surface area contributed by atoms with Crippen LogP contribution in [0.25, 0.3) is 0 Å². The van der Waals surface area contributed by atoms with Crippen molar-refractivity contribution < 1.29 is 22.5 Å². The number of halogens is 3. The molecule has 0 fully saturated rings. The van der Waals surface area contributed by atoms with Crippen molar-refractivity contribution in [3.63, 3.8) is 0 Å². The second kappa shape index (κ2) is 6.96. The minimum atomic E-state index is -4.32. The van der Waals surface area contributed by atoms with Gasteiger partial charge in [0, 0.05) is 6.07 Å². The van der Waals surface area contributed by atoms with Crippen molar-refractivity contribution in [1.29, 1.82) is 0 Å². The average molecular weight is 353 g/mol. The van der Waals surface area contributed by atoms with Crippen molar-refractivity contribution in [2.75, 3.05) is 22.9 Å². The molecule has 0 radical (unpaired) electrons. The van der Waals surface area contributed by atoms with E-state index in [1.807, 2.05) is 0 Å². The van der Waals surface area contributed by atoms with Gasteiger partial charge in [-0.15, -0.1) is 10.2 Å². The van der Waals surface area contributed by atoms with Gasteiger partial charge in [-0.05, 0) is 6.92 Å².